The van der Waals surface area contributed by atoms with E-state index < -0.39 is 0 Å². The summed E-state index contributed by atoms with van der Waals surface area (Å²) in [6.45, 7) is 0.0446. The average molecular weight is 271 g/mol. The molecule has 0 radical (unpaired) electrons. The van der Waals surface area contributed by atoms with Crippen LogP contribution in [0.25, 0.3) is 0 Å². The van der Waals surface area contributed by atoms with Gasteiger partial charge in [-0.05, 0) is 35.9 Å². The minimum Gasteiger partial charge on any atom is -0.493 e. The molecule has 0 saturated carbocycles. The highest BCUT2D eigenvalue weighted by Gasteiger charge is 2.15. The minimum absolute atomic E-state index is 0.140. The zero-order chi connectivity index (χ0) is 13.0. The summed E-state index contributed by atoms with van der Waals surface area (Å²) in [5, 5.41) is 9.52. The molecule has 0 bridgehead atoms. The molecule has 0 amide bonds. The standard InChI is InChI=1S/C13H12ClFO3/c14-13-5-4-12(18-13)9(7-16)8-17-11-3-1-2-10(15)6-11/h1-6,9,16H,7-8H2. The van der Waals surface area contributed by atoms with E-state index in [-0.39, 0.29) is 30.2 Å². The Hall–Kier alpha value is -1.52. The van der Waals surface area contributed by atoms with Crippen molar-refractivity contribution < 1.29 is 18.7 Å². The van der Waals surface area contributed by atoms with Gasteiger partial charge in [-0.15, -0.1) is 0 Å². The lowest BCUT2D eigenvalue weighted by Crippen LogP contribution is -2.13. The van der Waals surface area contributed by atoms with Crippen LogP contribution in [-0.2, 0) is 0 Å². The maximum Gasteiger partial charge on any atom is 0.193 e. The molecule has 1 heterocycles. The molecular formula is C13H12ClFO3. The van der Waals surface area contributed by atoms with Crippen LogP contribution in [0.5, 0.6) is 5.75 Å². The molecule has 96 valence electrons. The molecule has 0 fully saturated rings. The Bertz CT molecular complexity index is 512. The van der Waals surface area contributed by atoms with E-state index >= 15 is 0 Å². The van der Waals surface area contributed by atoms with Crippen molar-refractivity contribution in [1.82, 2.24) is 0 Å². The predicted molar refractivity (Wildman–Crippen MR) is 65.4 cm³/mol. The van der Waals surface area contributed by atoms with Crippen LogP contribution < -0.4 is 4.74 Å². The van der Waals surface area contributed by atoms with E-state index in [9.17, 15) is 9.50 Å². The quantitative estimate of drug-likeness (QED) is 0.907. The van der Waals surface area contributed by atoms with Gasteiger partial charge in [0.25, 0.3) is 0 Å². The lowest BCUT2D eigenvalue weighted by molar-refractivity contribution is 0.190. The van der Waals surface area contributed by atoms with Gasteiger partial charge in [0.15, 0.2) is 5.22 Å². The molecule has 2 rings (SSSR count). The van der Waals surface area contributed by atoms with Gasteiger partial charge >= 0.3 is 0 Å². The van der Waals surface area contributed by atoms with Crippen LogP contribution in [0.1, 0.15) is 11.7 Å². The molecule has 1 aromatic heterocycles. The molecule has 1 N–H and O–H groups in total. The maximum atomic E-state index is 12.9. The first-order valence-electron chi connectivity index (χ1n) is 5.43. The van der Waals surface area contributed by atoms with Crippen molar-refractivity contribution in [3.63, 3.8) is 0 Å². The zero-order valence-electron chi connectivity index (χ0n) is 9.48. The smallest absolute Gasteiger partial charge is 0.193 e. The summed E-state index contributed by atoms with van der Waals surface area (Å²) in [4.78, 5) is 0. The molecule has 1 atom stereocenters. The fraction of sp³-hybridized carbons (Fsp3) is 0.231. The summed E-state index contributed by atoms with van der Waals surface area (Å²) < 4.78 is 23.5. The van der Waals surface area contributed by atoms with Crippen LogP contribution in [0.4, 0.5) is 4.39 Å². The monoisotopic (exact) mass is 270 g/mol. The second-order valence-corrected chi connectivity index (χ2v) is 4.16. The summed E-state index contributed by atoms with van der Waals surface area (Å²) in [7, 11) is 0. The van der Waals surface area contributed by atoms with E-state index in [2.05, 4.69) is 0 Å². The number of rotatable bonds is 5. The van der Waals surface area contributed by atoms with Gasteiger partial charge in [-0.1, -0.05) is 6.07 Å². The van der Waals surface area contributed by atoms with E-state index in [4.69, 9.17) is 20.8 Å². The maximum absolute atomic E-state index is 12.9. The average Bonchev–Trinajstić information content (AvgIpc) is 2.77. The van der Waals surface area contributed by atoms with Crippen LogP contribution >= 0.6 is 11.6 Å². The largest absolute Gasteiger partial charge is 0.493 e. The van der Waals surface area contributed by atoms with Gasteiger partial charge in [-0.25, -0.2) is 4.39 Å². The molecule has 18 heavy (non-hydrogen) atoms. The van der Waals surface area contributed by atoms with Gasteiger partial charge in [-0.3, -0.25) is 0 Å². The molecule has 0 spiro atoms. The van der Waals surface area contributed by atoms with Crippen LogP contribution in [-0.4, -0.2) is 18.3 Å². The molecule has 0 aliphatic carbocycles. The molecule has 0 aliphatic heterocycles. The second kappa shape index (κ2) is 5.89. The molecular weight excluding hydrogens is 259 g/mol. The lowest BCUT2D eigenvalue weighted by atomic mass is 10.1. The summed E-state index contributed by atoms with van der Waals surface area (Å²) in [5.41, 5.74) is 0. The summed E-state index contributed by atoms with van der Waals surface area (Å²) >= 11 is 5.66. The summed E-state index contributed by atoms with van der Waals surface area (Å²) in [5.74, 6) is 0.250. The van der Waals surface area contributed by atoms with Crippen molar-refractivity contribution in [2.24, 2.45) is 0 Å². The van der Waals surface area contributed by atoms with Crippen LogP contribution in [0.3, 0.4) is 0 Å². The molecule has 1 aromatic carbocycles. The summed E-state index contributed by atoms with van der Waals surface area (Å²) in [6.07, 6.45) is 0. The number of halogens is 2. The summed E-state index contributed by atoms with van der Waals surface area (Å²) in [6, 6.07) is 9.10. The van der Waals surface area contributed by atoms with Gasteiger partial charge in [0, 0.05) is 6.07 Å². The third kappa shape index (κ3) is 3.24. The zero-order valence-corrected chi connectivity index (χ0v) is 10.2. The first kappa shape index (κ1) is 12.9. The first-order chi connectivity index (χ1) is 8.69. The van der Waals surface area contributed by atoms with E-state index in [1.807, 2.05) is 0 Å². The van der Waals surface area contributed by atoms with Crippen molar-refractivity contribution in [2.45, 2.75) is 5.92 Å². The number of hydrogen-bond donors (Lipinski definition) is 1. The first-order valence-corrected chi connectivity index (χ1v) is 5.81. The highest BCUT2D eigenvalue weighted by atomic mass is 35.5. The SMILES string of the molecule is OCC(COc1cccc(F)c1)c1ccc(Cl)o1. The number of aliphatic hydroxyl groups excluding tert-OH is 1. The van der Waals surface area contributed by atoms with Crippen molar-refractivity contribution in [1.29, 1.82) is 0 Å². The number of furan rings is 1. The van der Waals surface area contributed by atoms with Gasteiger partial charge in [0.2, 0.25) is 0 Å². The molecule has 1 unspecified atom stereocenters. The number of benzene rings is 1. The van der Waals surface area contributed by atoms with Crippen molar-refractivity contribution in [3.8, 4) is 5.75 Å². The molecule has 0 saturated heterocycles. The molecule has 2 aromatic rings. The number of ether oxygens (including phenoxy) is 1. The van der Waals surface area contributed by atoms with Crippen LogP contribution in [0, 0.1) is 5.82 Å². The Labute approximate surface area is 109 Å². The Morgan fingerprint density at radius 1 is 1.33 bits per heavy atom. The van der Waals surface area contributed by atoms with Gasteiger partial charge in [0.05, 0.1) is 12.5 Å². The van der Waals surface area contributed by atoms with Crippen molar-refractivity contribution >= 4 is 11.6 Å². The van der Waals surface area contributed by atoms with Crippen LogP contribution in [0.2, 0.25) is 5.22 Å². The Balaban J connectivity index is 1.99. The Morgan fingerprint density at radius 3 is 2.78 bits per heavy atom. The lowest BCUT2D eigenvalue weighted by Gasteiger charge is -2.13. The third-order valence-corrected chi connectivity index (χ3v) is 2.67. The number of hydrogen-bond acceptors (Lipinski definition) is 3. The van der Waals surface area contributed by atoms with E-state index in [1.54, 1.807) is 24.3 Å². The molecule has 5 heteroatoms. The highest BCUT2D eigenvalue weighted by Crippen LogP contribution is 2.23. The molecule has 3 nitrogen and oxygen atoms in total. The van der Waals surface area contributed by atoms with Gasteiger partial charge in [-0.2, -0.15) is 0 Å². The Kier molecular flexibility index (Phi) is 4.23. The normalized spacial score (nSPS) is 12.4. The van der Waals surface area contributed by atoms with E-state index in [1.165, 1.54) is 12.1 Å². The number of aliphatic hydroxyl groups is 1. The second-order valence-electron chi connectivity index (χ2n) is 3.79. The fourth-order valence-electron chi connectivity index (χ4n) is 1.53. The highest BCUT2D eigenvalue weighted by molar-refractivity contribution is 6.28. The van der Waals surface area contributed by atoms with Crippen LogP contribution in [0.15, 0.2) is 40.8 Å². The van der Waals surface area contributed by atoms with E-state index in [0.29, 0.717) is 11.5 Å². The molecule has 0 aliphatic rings. The fourth-order valence-corrected chi connectivity index (χ4v) is 1.68. The minimum atomic E-state index is -0.367. The van der Waals surface area contributed by atoms with Gasteiger partial charge < -0.3 is 14.3 Å². The van der Waals surface area contributed by atoms with Gasteiger partial charge in [0.1, 0.15) is 23.9 Å². The van der Waals surface area contributed by atoms with E-state index in [0.717, 1.165) is 0 Å². The third-order valence-electron chi connectivity index (χ3n) is 2.46. The van der Waals surface area contributed by atoms with Crippen molar-refractivity contribution in [3.05, 3.63) is 53.2 Å². The Morgan fingerprint density at radius 2 is 2.17 bits per heavy atom. The topological polar surface area (TPSA) is 42.6 Å². The predicted octanol–water partition coefficient (Wildman–Crippen LogP) is 3.23. The van der Waals surface area contributed by atoms with Crippen molar-refractivity contribution in [2.75, 3.05) is 13.2 Å².